The van der Waals surface area contributed by atoms with Crippen LogP contribution in [0.15, 0.2) is 33.5 Å². The van der Waals surface area contributed by atoms with Gasteiger partial charge < -0.3 is 9.52 Å². The zero-order valence-electron chi connectivity index (χ0n) is 18.7. The van der Waals surface area contributed by atoms with Crippen LogP contribution in [-0.2, 0) is 0 Å². The Morgan fingerprint density at radius 3 is 2.34 bits per heavy atom. The zero-order chi connectivity index (χ0) is 21.7. The maximum Gasteiger partial charge on any atom is 0.339 e. The minimum absolute atomic E-state index is 0.103. The third-order valence-corrected chi connectivity index (χ3v) is 7.36. The topological polar surface area (TPSA) is 50.4 Å². The molecule has 1 N–H and O–H groups in total. The van der Waals surface area contributed by atoms with Gasteiger partial charge in [0.15, 0.2) is 0 Å². The Morgan fingerprint density at radius 2 is 1.72 bits per heavy atom. The molecular formula is C25H37ClO3. The van der Waals surface area contributed by atoms with E-state index in [0.717, 1.165) is 36.6 Å². The van der Waals surface area contributed by atoms with Gasteiger partial charge >= 0.3 is 5.63 Å². The van der Waals surface area contributed by atoms with E-state index in [-0.39, 0.29) is 22.7 Å². The van der Waals surface area contributed by atoms with E-state index < -0.39 is 0 Å². The van der Waals surface area contributed by atoms with Crippen molar-refractivity contribution in [2.75, 3.05) is 0 Å². The smallest absolute Gasteiger partial charge is 0.339 e. The number of alkyl halides is 1. The number of benzene rings is 1. The average Bonchev–Trinajstić information content (AvgIpc) is 2.67. The SMILES string of the molecule is CCC(C)CCC(c1cc2ccc(O)cc2oc1=O)C(C)CC(C)C(Cl)C(C)C. The molecule has 29 heavy (non-hydrogen) atoms. The molecule has 162 valence electrons. The van der Waals surface area contributed by atoms with Crippen LogP contribution in [0.2, 0.25) is 0 Å². The van der Waals surface area contributed by atoms with Crippen LogP contribution in [-0.4, -0.2) is 10.5 Å². The fourth-order valence-electron chi connectivity index (χ4n) is 4.33. The summed E-state index contributed by atoms with van der Waals surface area (Å²) in [6, 6.07) is 6.90. The fourth-order valence-corrected chi connectivity index (χ4v) is 4.43. The quantitative estimate of drug-likeness (QED) is 0.323. The van der Waals surface area contributed by atoms with E-state index in [0.29, 0.717) is 29.3 Å². The van der Waals surface area contributed by atoms with Gasteiger partial charge in [-0.05, 0) is 60.6 Å². The van der Waals surface area contributed by atoms with Crippen molar-refractivity contribution in [3.05, 3.63) is 40.2 Å². The molecule has 5 atom stereocenters. The van der Waals surface area contributed by atoms with Crippen molar-refractivity contribution in [3.8, 4) is 5.75 Å². The van der Waals surface area contributed by atoms with Crippen LogP contribution in [0.4, 0.5) is 0 Å². The van der Waals surface area contributed by atoms with Crippen molar-refractivity contribution in [1.82, 2.24) is 0 Å². The lowest BCUT2D eigenvalue weighted by atomic mass is 9.77. The molecule has 4 heteroatoms. The minimum Gasteiger partial charge on any atom is -0.508 e. The van der Waals surface area contributed by atoms with Crippen molar-refractivity contribution >= 4 is 22.6 Å². The van der Waals surface area contributed by atoms with Gasteiger partial charge in [-0.2, -0.15) is 0 Å². The summed E-state index contributed by atoms with van der Waals surface area (Å²) in [6.45, 7) is 13.2. The number of aromatic hydroxyl groups is 1. The van der Waals surface area contributed by atoms with Crippen LogP contribution in [0.25, 0.3) is 11.0 Å². The van der Waals surface area contributed by atoms with Crippen LogP contribution in [0, 0.1) is 23.7 Å². The first-order valence-electron chi connectivity index (χ1n) is 11.0. The van der Waals surface area contributed by atoms with Gasteiger partial charge in [0.05, 0.1) is 0 Å². The van der Waals surface area contributed by atoms with Crippen molar-refractivity contribution in [3.63, 3.8) is 0 Å². The van der Waals surface area contributed by atoms with Gasteiger partial charge in [0.1, 0.15) is 11.3 Å². The van der Waals surface area contributed by atoms with E-state index in [1.165, 1.54) is 6.07 Å². The Bertz CT molecular complexity index is 842. The Labute approximate surface area is 180 Å². The predicted octanol–water partition coefficient (Wildman–Crippen LogP) is 7.33. The molecule has 0 saturated carbocycles. The molecule has 0 amide bonds. The Morgan fingerprint density at radius 1 is 1.03 bits per heavy atom. The Kier molecular flexibility index (Phi) is 8.63. The molecule has 0 fully saturated rings. The first-order valence-corrected chi connectivity index (χ1v) is 11.5. The number of fused-ring (bicyclic) bond motifs is 1. The van der Waals surface area contributed by atoms with Crippen molar-refractivity contribution in [2.24, 2.45) is 23.7 Å². The Hall–Kier alpha value is -1.48. The van der Waals surface area contributed by atoms with Crippen LogP contribution in [0.1, 0.15) is 78.7 Å². The van der Waals surface area contributed by atoms with Gasteiger partial charge in [0, 0.05) is 22.4 Å². The summed E-state index contributed by atoms with van der Waals surface area (Å²) in [7, 11) is 0. The van der Waals surface area contributed by atoms with Crippen molar-refractivity contribution in [2.45, 2.75) is 78.5 Å². The standard InChI is InChI=1S/C25H37ClO3/c1-7-16(4)8-11-21(17(5)12-18(6)24(26)15(2)3)22-13-19-9-10-20(27)14-23(19)29-25(22)28/h9-10,13-18,21,24,27H,7-8,11-12H2,1-6H3. The molecule has 5 unspecified atom stereocenters. The first kappa shape index (κ1) is 23.8. The lowest BCUT2D eigenvalue weighted by Gasteiger charge is -2.30. The second-order valence-electron chi connectivity index (χ2n) is 9.29. The van der Waals surface area contributed by atoms with E-state index in [9.17, 15) is 9.90 Å². The van der Waals surface area contributed by atoms with Crippen LogP contribution >= 0.6 is 11.6 Å². The molecule has 0 radical (unpaired) electrons. The molecule has 0 aliphatic carbocycles. The highest BCUT2D eigenvalue weighted by Gasteiger charge is 2.28. The molecule has 1 aromatic heterocycles. The summed E-state index contributed by atoms with van der Waals surface area (Å²) >= 11 is 6.63. The molecule has 0 saturated heterocycles. The van der Waals surface area contributed by atoms with Crippen LogP contribution in [0.5, 0.6) is 5.75 Å². The normalized spacial score (nSPS) is 17.2. The number of rotatable bonds is 10. The number of hydrogen-bond donors (Lipinski definition) is 1. The number of hydrogen-bond acceptors (Lipinski definition) is 3. The predicted molar refractivity (Wildman–Crippen MR) is 123 cm³/mol. The summed E-state index contributed by atoms with van der Waals surface area (Å²) in [5, 5.41) is 10.7. The van der Waals surface area contributed by atoms with Gasteiger partial charge in [-0.15, -0.1) is 11.6 Å². The summed E-state index contributed by atoms with van der Waals surface area (Å²) in [6.07, 6.45) is 4.16. The summed E-state index contributed by atoms with van der Waals surface area (Å²) in [5.41, 5.74) is 0.894. The van der Waals surface area contributed by atoms with E-state index in [2.05, 4.69) is 41.5 Å². The lowest BCUT2D eigenvalue weighted by molar-refractivity contribution is 0.300. The van der Waals surface area contributed by atoms with Gasteiger partial charge in [0.2, 0.25) is 0 Å². The van der Waals surface area contributed by atoms with Crippen molar-refractivity contribution < 1.29 is 9.52 Å². The molecule has 1 aromatic carbocycles. The van der Waals surface area contributed by atoms with Crippen LogP contribution < -0.4 is 5.63 Å². The second-order valence-corrected chi connectivity index (χ2v) is 9.79. The summed E-state index contributed by atoms with van der Waals surface area (Å²) in [5.74, 6) is 2.00. The van der Waals surface area contributed by atoms with E-state index in [1.54, 1.807) is 6.07 Å². The van der Waals surface area contributed by atoms with Gasteiger partial charge in [0.25, 0.3) is 0 Å². The molecule has 0 aliphatic heterocycles. The molecule has 0 spiro atoms. The zero-order valence-corrected chi connectivity index (χ0v) is 19.5. The van der Waals surface area contributed by atoms with Gasteiger partial charge in [-0.3, -0.25) is 0 Å². The highest BCUT2D eigenvalue weighted by Crippen LogP contribution is 2.36. The third kappa shape index (κ3) is 6.25. The molecule has 2 aromatic rings. The molecule has 0 bridgehead atoms. The van der Waals surface area contributed by atoms with E-state index >= 15 is 0 Å². The number of halogens is 1. The number of phenols is 1. The second kappa shape index (κ2) is 10.5. The van der Waals surface area contributed by atoms with Gasteiger partial charge in [-0.25, -0.2) is 4.79 Å². The molecule has 2 rings (SSSR count). The van der Waals surface area contributed by atoms with Gasteiger partial charge in [-0.1, -0.05) is 54.4 Å². The van der Waals surface area contributed by atoms with Crippen LogP contribution in [0.3, 0.4) is 0 Å². The largest absolute Gasteiger partial charge is 0.508 e. The maximum absolute atomic E-state index is 12.9. The fraction of sp³-hybridized carbons (Fsp3) is 0.640. The summed E-state index contributed by atoms with van der Waals surface area (Å²) < 4.78 is 5.59. The summed E-state index contributed by atoms with van der Waals surface area (Å²) in [4.78, 5) is 12.9. The highest BCUT2D eigenvalue weighted by molar-refractivity contribution is 6.20. The highest BCUT2D eigenvalue weighted by atomic mass is 35.5. The molecule has 3 nitrogen and oxygen atoms in total. The average molecular weight is 421 g/mol. The molecular weight excluding hydrogens is 384 g/mol. The third-order valence-electron chi connectivity index (χ3n) is 6.42. The van der Waals surface area contributed by atoms with E-state index in [1.807, 2.05) is 12.1 Å². The number of phenolic OH excluding ortho intramolecular Hbond substituents is 1. The first-order chi connectivity index (χ1) is 13.6. The monoisotopic (exact) mass is 420 g/mol. The van der Waals surface area contributed by atoms with E-state index in [4.69, 9.17) is 16.0 Å². The Balaban J connectivity index is 2.36. The maximum atomic E-state index is 12.9. The minimum atomic E-state index is -0.289. The molecule has 0 aliphatic rings. The lowest BCUT2D eigenvalue weighted by Crippen LogP contribution is -2.25. The molecule has 1 heterocycles. The van der Waals surface area contributed by atoms with Crippen molar-refractivity contribution in [1.29, 1.82) is 0 Å².